The van der Waals surface area contributed by atoms with Crippen LogP contribution >= 0.6 is 0 Å². The Morgan fingerprint density at radius 3 is 2.76 bits per heavy atom. The van der Waals surface area contributed by atoms with Crippen molar-refractivity contribution in [1.82, 2.24) is 34.3 Å². The molecule has 8 heteroatoms. The number of hydrogen-bond donors (Lipinski definition) is 0. The van der Waals surface area contributed by atoms with Gasteiger partial charge in [0.1, 0.15) is 17.7 Å². The fraction of sp³-hybridized carbons (Fsp3) is 0.286. The molecule has 4 rings (SSSR count). The minimum absolute atomic E-state index is 0.0834. The van der Waals surface area contributed by atoms with E-state index in [2.05, 4.69) is 27.2 Å². The lowest BCUT2D eigenvalue weighted by atomic mass is 10.1. The topological polar surface area (TPSA) is 83.4 Å². The molecule has 0 N–H and O–H groups in total. The molecule has 0 radical (unpaired) electrons. The van der Waals surface area contributed by atoms with E-state index in [0.29, 0.717) is 17.9 Å². The average molecular weight is 389 g/mol. The molecule has 0 unspecified atom stereocenters. The number of benzene rings is 1. The highest BCUT2D eigenvalue weighted by Gasteiger charge is 2.09. The third kappa shape index (κ3) is 4.16. The Bertz CT molecular complexity index is 1170. The summed E-state index contributed by atoms with van der Waals surface area (Å²) >= 11 is 0. The van der Waals surface area contributed by atoms with E-state index in [1.807, 2.05) is 46.7 Å². The predicted octanol–water partition coefficient (Wildman–Crippen LogP) is 2.71. The molecule has 148 valence electrons. The molecule has 8 nitrogen and oxygen atoms in total. The summed E-state index contributed by atoms with van der Waals surface area (Å²) in [7, 11) is 0. The van der Waals surface area contributed by atoms with E-state index in [4.69, 9.17) is 0 Å². The Morgan fingerprint density at radius 1 is 1.07 bits per heavy atom. The van der Waals surface area contributed by atoms with Gasteiger partial charge in [-0.15, -0.1) is 0 Å². The molecule has 1 aromatic carbocycles. The van der Waals surface area contributed by atoms with Gasteiger partial charge in [-0.05, 0) is 25.0 Å². The Hall–Kier alpha value is -3.55. The minimum Gasteiger partial charge on any atom is -0.288 e. The molecule has 0 amide bonds. The summed E-state index contributed by atoms with van der Waals surface area (Å²) in [6.07, 6.45) is 8.50. The first kappa shape index (κ1) is 18.8. The van der Waals surface area contributed by atoms with Crippen molar-refractivity contribution in [2.45, 2.75) is 39.8 Å². The monoisotopic (exact) mass is 389 g/mol. The molecule has 0 saturated heterocycles. The lowest BCUT2D eigenvalue weighted by molar-refractivity contribution is 0.602. The Kier molecular flexibility index (Phi) is 5.33. The van der Waals surface area contributed by atoms with Crippen molar-refractivity contribution >= 4 is 0 Å². The number of hydrogen-bond acceptors (Lipinski definition) is 5. The summed E-state index contributed by atoms with van der Waals surface area (Å²) in [4.78, 5) is 16.8. The third-order valence-corrected chi connectivity index (χ3v) is 4.63. The summed E-state index contributed by atoms with van der Waals surface area (Å²) in [6, 6.07) is 9.48. The molecule has 29 heavy (non-hydrogen) atoms. The Morgan fingerprint density at radius 2 is 1.97 bits per heavy atom. The molecule has 3 aromatic heterocycles. The maximum atomic E-state index is 12.4. The van der Waals surface area contributed by atoms with Crippen LogP contribution in [0, 0.1) is 0 Å². The third-order valence-electron chi connectivity index (χ3n) is 4.63. The van der Waals surface area contributed by atoms with Gasteiger partial charge in [0.05, 0.1) is 12.4 Å². The van der Waals surface area contributed by atoms with Crippen molar-refractivity contribution in [3.8, 4) is 17.1 Å². The SMILES string of the molecule is CCCn1cnc(-c2cccc(Cc3nn(-c4cnn(CC)c4)ccc3=O)c2)n1. The maximum absolute atomic E-state index is 12.4. The standard InChI is InChI=1S/C21H23N7O/c1-3-9-27-15-22-21(25-27)17-7-5-6-16(11-17)12-19-20(29)8-10-28(24-19)18-13-23-26(4-2)14-18/h5-8,10-11,13-15H,3-4,9,12H2,1-2H3. The number of nitrogens with zero attached hydrogens (tertiary/aromatic N) is 7. The van der Waals surface area contributed by atoms with Gasteiger partial charge < -0.3 is 0 Å². The molecule has 0 fully saturated rings. The van der Waals surface area contributed by atoms with Gasteiger partial charge in [0.25, 0.3) is 0 Å². The van der Waals surface area contributed by atoms with Gasteiger partial charge in [-0.25, -0.2) is 9.67 Å². The van der Waals surface area contributed by atoms with Crippen molar-refractivity contribution in [3.05, 3.63) is 76.7 Å². The lowest BCUT2D eigenvalue weighted by Gasteiger charge is -2.06. The van der Waals surface area contributed by atoms with Crippen LogP contribution in [0.1, 0.15) is 31.5 Å². The summed E-state index contributed by atoms with van der Waals surface area (Å²) < 4.78 is 5.35. The molecular formula is C21H23N7O. The molecule has 0 spiro atoms. The normalized spacial score (nSPS) is 11.1. The number of rotatable bonds is 7. The average Bonchev–Trinajstić information content (AvgIpc) is 3.40. The first-order chi connectivity index (χ1) is 14.2. The van der Waals surface area contributed by atoms with Gasteiger partial charge in [-0.3, -0.25) is 14.2 Å². The van der Waals surface area contributed by atoms with E-state index >= 15 is 0 Å². The highest BCUT2D eigenvalue weighted by atomic mass is 16.1. The fourth-order valence-corrected chi connectivity index (χ4v) is 3.13. The van der Waals surface area contributed by atoms with Gasteiger partial charge in [-0.1, -0.05) is 25.1 Å². The quantitative estimate of drug-likeness (QED) is 0.485. The molecule has 0 aliphatic heterocycles. The fourth-order valence-electron chi connectivity index (χ4n) is 3.13. The zero-order chi connectivity index (χ0) is 20.2. The van der Waals surface area contributed by atoms with Crippen LogP contribution in [-0.2, 0) is 19.5 Å². The van der Waals surface area contributed by atoms with Crippen LogP contribution in [-0.4, -0.2) is 34.3 Å². The smallest absolute Gasteiger partial charge is 0.203 e. The number of aryl methyl sites for hydroxylation is 2. The molecule has 4 aromatic rings. The second-order valence-electron chi connectivity index (χ2n) is 6.83. The van der Waals surface area contributed by atoms with Crippen LogP contribution in [0.4, 0.5) is 0 Å². The summed E-state index contributed by atoms with van der Waals surface area (Å²) in [5.41, 5.74) is 3.14. The van der Waals surface area contributed by atoms with Crippen LogP contribution in [0.3, 0.4) is 0 Å². The second-order valence-corrected chi connectivity index (χ2v) is 6.83. The molecule has 0 bridgehead atoms. The summed E-state index contributed by atoms with van der Waals surface area (Å²) in [6.45, 7) is 5.75. The maximum Gasteiger partial charge on any atom is 0.203 e. The summed E-state index contributed by atoms with van der Waals surface area (Å²) in [5.74, 6) is 0.686. The molecule has 0 atom stereocenters. The van der Waals surface area contributed by atoms with Gasteiger partial charge in [-0.2, -0.15) is 15.3 Å². The van der Waals surface area contributed by atoms with Crippen molar-refractivity contribution in [2.24, 2.45) is 0 Å². The summed E-state index contributed by atoms with van der Waals surface area (Å²) in [5, 5.41) is 13.3. The van der Waals surface area contributed by atoms with Gasteiger partial charge in [0.2, 0.25) is 5.43 Å². The van der Waals surface area contributed by atoms with Crippen LogP contribution in [0.25, 0.3) is 17.1 Å². The van der Waals surface area contributed by atoms with Gasteiger partial charge in [0, 0.05) is 37.3 Å². The van der Waals surface area contributed by atoms with E-state index in [9.17, 15) is 4.79 Å². The first-order valence-electron chi connectivity index (χ1n) is 9.76. The minimum atomic E-state index is -0.0834. The molecule has 3 heterocycles. The Labute approximate surface area is 168 Å². The zero-order valence-electron chi connectivity index (χ0n) is 16.6. The molecular weight excluding hydrogens is 366 g/mol. The van der Waals surface area contributed by atoms with Crippen molar-refractivity contribution in [3.63, 3.8) is 0 Å². The second kappa shape index (κ2) is 8.22. The van der Waals surface area contributed by atoms with E-state index in [1.165, 1.54) is 0 Å². The molecule has 0 aliphatic rings. The molecule has 0 aliphatic carbocycles. The van der Waals surface area contributed by atoms with E-state index in [1.54, 1.807) is 29.5 Å². The predicted molar refractivity (Wildman–Crippen MR) is 110 cm³/mol. The Balaban J connectivity index is 1.60. The van der Waals surface area contributed by atoms with Crippen molar-refractivity contribution in [1.29, 1.82) is 0 Å². The van der Waals surface area contributed by atoms with Gasteiger partial charge >= 0.3 is 0 Å². The molecule has 0 saturated carbocycles. The largest absolute Gasteiger partial charge is 0.288 e. The number of aromatic nitrogens is 7. The van der Waals surface area contributed by atoms with E-state index < -0.39 is 0 Å². The van der Waals surface area contributed by atoms with E-state index in [-0.39, 0.29) is 5.43 Å². The first-order valence-corrected chi connectivity index (χ1v) is 9.76. The van der Waals surface area contributed by atoms with Crippen LogP contribution < -0.4 is 5.43 Å². The van der Waals surface area contributed by atoms with Crippen LogP contribution in [0.5, 0.6) is 0 Å². The zero-order valence-corrected chi connectivity index (χ0v) is 16.6. The van der Waals surface area contributed by atoms with E-state index in [0.717, 1.165) is 36.3 Å². The highest BCUT2D eigenvalue weighted by Crippen LogP contribution is 2.17. The van der Waals surface area contributed by atoms with Crippen LogP contribution in [0.2, 0.25) is 0 Å². The lowest BCUT2D eigenvalue weighted by Crippen LogP contribution is -2.16. The van der Waals surface area contributed by atoms with Crippen molar-refractivity contribution < 1.29 is 0 Å². The highest BCUT2D eigenvalue weighted by molar-refractivity contribution is 5.55. The van der Waals surface area contributed by atoms with Gasteiger partial charge in [0.15, 0.2) is 5.82 Å². The van der Waals surface area contributed by atoms with Crippen molar-refractivity contribution in [2.75, 3.05) is 0 Å². The van der Waals surface area contributed by atoms with Crippen LogP contribution in [0.15, 0.2) is 60.0 Å².